The summed E-state index contributed by atoms with van der Waals surface area (Å²) in [7, 11) is 5.08. The number of piperidine rings is 3. The summed E-state index contributed by atoms with van der Waals surface area (Å²) >= 11 is 7.53. The summed E-state index contributed by atoms with van der Waals surface area (Å²) in [4.78, 5) is 0. The van der Waals surface area contributed by atoms with Gasteiger partial charge in [0.2, 0.25) is 5.52 Å². The molecule has 8 heteroatoms. The molecule has 4 aromatic rings. The Morgan fingerprint density at radius 3 is 2.25 bits per heavy atom. The van der Waals surface area contributed by atoms with Crippen molar-refractivity contribution in [3.63, 3.8) is 0 Å². The van der Waals surface area contributed by atoms with Crippen molar-refractivity contribution in [3.05, 3.63) is 105 Å². The maximum absolute atomic E-state index is 12.4. The highest BCUT2D eigenvalue weighted by molar-refractivity contribution is 9.10. The van der Waals surface area contributed by atoms with Gasteiger partial charge in [0, 0.05) is 56.5 Å². The number of quaternary nitrogens is 1. The highest BCUT2D eigenvalue weighted by Crippen LogP contribution is 2.48. The van der Waals surface area contributed by atoms with E-state index in [9.17, 15) is 5.11 Å². The molecule has 2 bridgehead atoms. The third-order valence-corrected chi connectivity index (χ3v) is 11.5. The second kappa shape index (κ2) is 12.8. The Morgan fingerprint density at radius 2 is 1.57 bits per heavy atom. The van der Waals surface area contributed by atoms with Gasteiger partial charge in [-0.3, -0.25) is 0 Å². The molecule has 3 fully saturated rings. The molecule has 0 radical (unpaired) electrons. The van der Waals surface area contributed by atoms with E-state index in [0.29, 0.717) is 18.4 Å². The monoisotopic (exact) mass is 722 g/mol. The molecule has 3 aliphatic heterocycles. The first-order chi connectivity index (χ1) is 21.3. The summed E-state index contributed by atoms with van der Waals surface area (Å²) in [5, 5.41) is 13.4. The lowest BCUT2D eigenvalue weighted by atomic mass is 9.71. The van der Waals surface area contributed by atoms with E-state index in [0.717, 1.165) is 85.2 Å². The Hall–Kier alpha value is -2.91. The van der Waals surface area contributed by atoms with Crippen molar-refractivity contribution in [1.29, 1.82) is 0 Å². The minimum absolute atomic E-state index is 0.0424. The highest BCUT2D eigenvalue weighted by atomic mass is 79.9. The molecule has 3 aliphatic rings. The van der Waals surface area contributed by atoms with Crippen molar-refractivity contribution in [1.82, 2.24) is 0 Å². The van der Waals surface area contributed by atoms with Crippen LogP contribution in [0.5, 0.6) is 17.2 Å². The smallest absolute Gasteiger partial charge is 0.213 e. The normalized spacial score (nSPS) is 23.4. The van der Waals surface area contributed by atoms with Gasteiger partial charge < -0.3 is 23.8 Å². The number of aliphatic hydroxyl groups excluding tert-OH is 1. The predicted octanol–water partition coefficient (Wildman–Crippen LogP) is 7.37. The van der Waals surface area contributed by atoms with Gasteiger partial charge >= 0.3 is 0 Å². The second-order valence-corrected chi connectivity index (χ2v) is 13.9. The zero-order valence-electron chi connectivity index (χ0n) is 25.5. The maximum atomic E-state index is 12.4. The molecular formula is C36H40Br2N2O4+2. The molecule has 5 atom stereocenters. The van der Waals surface area contributed by atoms with Crippen LogP contribution in [0.25, 0.3) is 10.9 Å². The fourth-order valence-corrected chi connectivity index (χ4v) is 8.31. The van der Waals surface area contributed by atoms with Gasteiger partial charge in [0.15, 0.2) is 12.7 Å². The van der Waals surface area contributed by atoms with E-state index in [-0.39, 0.29) is 6.04 Å². The van der Waals surface area contributed by atoms with Crippen molar-refractivity contribution in [2.75, 3.05) is 34.4 Å². The summed E-state index contributed by atoms with van der Waals surface area (Å²) in [5.41, 5.74) is 4.29. The lowest BCUT2D eigenvalue weighted by molar-refractivity contribution is -0.985. The van der Waals surface area contributed by atoms with Crippen LogP contribution in [0.1, 0.15) is 35.6 Å². The number of hydrogen-bond donors (Lipinski definition) is 1. The number of halogens is 2. The molecule has 3 saturated heterocycles. The van der Waals surface area contributed by atoms with Crippen LogP contribution in [0.2, 0.25) is 0 Å². The summed E-state index contributed by atoms with van der Waals surface area (Å²) in [6, 6.07) is 20.5. The topological polar surface area (TPSA) is 51.8 Å². The molecule has 0 aliphatic carbocycles. The first-order valence-corrected chi connectivity index (χ1v) is 16.7. The van der Waals surface area contributed by atoms with E-state index in [1.54, 1.807) is 21.3 Å². The SMILES string of the molecule is C=C[C@@H]1C[N+]2(Cc3cc(OC)ccc3Br)CCC1CC2[C@@H](O)c1cc[n+](Cc2cc(OC)ccc2Br)c2ccc(OC)cc12. The van der Waals surface area contributed by atoms with Crippen LogP contribution in [0.4, 0.5) is 0 Å². The van der Waals surface area contributed by atoms with Crippen molar-refractivity contribution in [2.24, 2.45) is 11.8 Å². The third-order valence-electron chi connectivity index (χ3n) is 9.95. The predicted molar refractivity (Wildman–Crippen MR) is 180 cm³/mol. The Morgan fingerprint density at radius 1 is 0.932 bits per heavy atom. The van der Waals surface area contributed by atoms with Gasteiger partial charge in [-0.15, -0.1) is 6.58 Å². The molecule has 6 nitrogen and oxygen atoms in total. The van der Waals surface area contributed by atoms with E-state index in [2.05, 4.69) is 91.7 Å². The Labute approximate surface area is 276 Å². The van der Waals surface area contributed by atoms with Gasteiger partial charge in [-0.25, -0.2) is 0 Å². The molecule has 230 valence electrons. The zero-order valence-corrected chi connectivity index (χ0v) is 28.7. The zero-order chi connectivity index (χ0) is 31.0. The van der Waals surface area contributed by atoms with Crippen molar-refractivity contribution in [2.45, 2.75) is 38.1 Å². The molecule has 3 aromatic carbocycles. The van der Waals surface area contributed by atoms with Gasteiger partial charge in [-0.2, -0.15) is 4.57 Å². The molecule has 0 amide bonds. The average molecular weight is 725 g/mol. The van der Waals surface area contributed by atoms with Gasteiger partial charge in [0.05, 0.1) is 39.8 Å². The number of ether oxygens (including phenoxy) is 3. The number of benzene rings is 3. The first-order valence-electron chi connectivity index (χ1n) is 15.1. The number of methoxy groups -OCH3 is 3. The van der Waals surface area contributed by atoms with Crippen LogP contribution < -0.4 is 18.8 Å². The molecule has 7 rings (SSSR count). The molecule has 3 unspecified atom stereocenters. The minimum Gasteiger partial charge on any atom is -0.497 e. The van der Waals surface area contributed by atoms with Crippen molar-refractivity contribution in [3.8, 4) is 17.2 Å². The van der Waals surface area contributed by atoms with E-state index >= 15 is 0 Å². The standard InChI is InChI=1S/C36H40Br2N2O4/c1-5-23-21-40(22-26-17-28(43-3)7-10-33(26)38)15-13-24(23)18-35(40)36(41)30-12-14-39(34-11-8-29(44-4)19-31(30)34)20-25-16-27(42-2)6-9-32(25)37/h5-12,14,16-17,19,23-24,35-36,41H,1,13,15,18,20-22H2,2-4H3/q+2/t23-,24?,35?,36+,40?/m1/s1. The quantitative estimate of drug-likeness (QED) is 0.106. The van der Waals surface area contributed by atoms with Crippen LogP contribution in [-0.4, -0.2) is 50.1 Å². The molecule has 1 N–H and O–H groups in total. The minimum atomic E-state index is -0.652. The number of nitrogens with zero attached hydrogens (tertiary/aromatic N) is 2. The second-order valence-electron chi connectivity index (χ2n) is 12.2. The van der Waals surface area contributed by atoms with Gasteiger partial charge in [-0.1, -0.05) is 37.9 Å². The lowest BCUT2D eigenvalue weighted by Gasteiger charge is -2.58. The van der Waals surface area contributed by atoms with Crippen LogP contribution in [0.3, 0.4) is 0 Å². The third kappa shape index (κ3) is 5.78. The van der Waals surface area contributed by atoms with E-state index < -0.39 is 6.10 Å². The number of aromatic nitrogens is 1. The summed E-state index contributed by atoms with van der Waals surface area (Å²) in [5.74, 6) is 3.40. The number of rotatable bonds is 10. The highest BCUT2D eigenvalue weighted by Gasteiger charge is 2.54. The fourth-order valence-electron chi connectivity index (χ4n) is 7.57. The van der Waals surface area contributed by atoms with Crippen molar-refractivity contribution < 1.29 is 28.4 Å². The molecule has 0 spiro atoms. The van der Waals surface area contributed by atoms with E-state index in [1.807, 2.05) is 24.3 Å². The molecule has 0 saturated carbocycles. The lowest BCUT2D eigenvalue weighted by Crippen LogP contribution is -2.67. The first kappa shape index (κ1) is 31.1. The average Bonchev–Trinajstić information content (AvgIpc) is 3.06. The van der Waals surface area contributed by atoms with Gasteiger partial charge in [0.1, 0.15) is 35.9 Å². The number of aliphatic hydroxyl groups is 1. The Balaban J connectivity index is 1.42. The number of fused-ring (bicyclic) bond motifs is 4. The number of pyridine rings is 1. The van der Waals surface area contributed by atoms with Crippen molar-refractivity contribution >= 4 is 42.8 Å². The molecule has 4 heterocycles. The Kier molecular flexibility index (Phi) is 9.07. The van der Waals surface area contributed by atoms with Gasteiger partial charge in [0.25, 0.3) is 0 Å². The molecule has 1 aromatic heterocycles. The van der Waals surface area contributed by atoms with Crippen LogP contribution in [0.15, 0.2) is 88.5 Å². The Bertz CT molecular complexity index is 1690. The fraction of sp³-hybridized carbons (Fsp3) is 0.361. The number of hydrogen-bond acceptors (Lipinski definition) is 4. The van der Waals surface area contributed by atoms with E-state index in [4.69, 9.17) is 14.2 Å². The molecule has 44 heavy (non-hydrogen) atoms. The van der Waals surface area contributed by atoms with E-state index in [1.165, 1.54) is 5.56 Å². The van der Waals surface area contributed by atoms with Crippen LogP contribution >= 0.6 is 31.9 Å². The summed E-state index contributed by atoms with van der Waals surface area (Å²) < 4.78 is 21.9. The molecular weight excluding hydrogens is 684 g/mol. The van der Waals surface area contributed by atoms with Crippen LogP contribution in [0, 0.1) is 11.8 Å². The summed E-state index contributed by atoms with van der Waals surface area (Å²) in [6.07, 6.45) is 5.69. The summed E-state index contributed by atoms with van der Waals surface area (Å²) in [6.45, 7) is 7.66. The van der Waals surface area contributed by atoms with Gasteiger partial charge in [-0.05, 0) is 54.4 Å². The van der Waals surface area contributed by atoms with Crippen LogP contribution in [-0.2, 0) is 13.1 Å². The largest absolute Gasteiger partial charge is 0.497 e. The maximum Gasteiger partial charge on any atom is 0.213 e.